The number of cyclic esters (lactones) is 2. The number of hydrogen-bond acceptors (Lipinski definition) is 4. The molecule has 5 nitrogen and oxygen atoms in total. The van der Waals surface area contributed by atoms with Crippen LogP contribution in [0.3, 0.4) is 0 Å². The zero-order chi connectivity index (χ0) is 13.1. The van der Waals surface area contributed by atoms with Crippen LogP contribution in [0.4, 0.5) is 4.79 Å². The molecule has 0 saturated carbocycles. The Bertz CT molecular complexity index is 444. The Kier molecular flexibility index (Phi) is 3.62. The molecule has 0 spiro atoms. The molecule has 0 aliphatic carbocycles. The molecule has 2 rings (SSSR count). The number of nitrogens with zero attached hydrogens (tertiary/aromatic N) is 1. The van der Waals surface area contributed by atoms with Crippen LogP contribution >= 0.6 is 0 Å². The lowest BCUT2D eigenvalue weighted by atomic mass is 10.1. The van der Waals surface area contributed by atoms with Gasteiger partial charge in [0.15, 0.2) is 6.04 Å². The molecule has 5 heteroatoms. The molecule has 1 heterocycles. The zero-order valence-electron chi connectivity index (χ0n) is 10.3. The van der Waals surface area contributed by atoms with Gasteiger partial charge < -0.3 is 4.74 Å². The summed E-state index contributed by atoms with van der Waals surface area (Å²) < 4.78 is 4.56. The number of ether oxygens (including phenoxy) is 1. The van der Waals surface area contributed by atoms with Crippen LogP contribution in [0.5, 0.6) is 0 Å². The number of rotatable bonds is 4. The van der Waals surface area contributed by atoms with Crippen molar-refractivity contribution in [3.8, 4) is 0 Å². The maximum absolute atomic E-state index is 11.5. The fourth-order valence-corrected chi connectivity index (χ4v) is 1.79. The Balaban J connectivity index is 2.03. The van der Waals surface area contributed by atoms with E-state index in [0.717, 1.165) is 10.6 Å². The summed E-state index contributed by atoms with van der Waals surface area (Å²) in [5.41, 5.74) is 0.923. The van der Waals surface area contributed by atoms with Crippen LogP contribution in [0.2, 0.25) is 0 Å². The van der Waals surface area contributed by atoms with Crippen molar-refractivity contribution >= 4 is 12.1 Å². The third-order valence-corrected chi connectivity index (χ3v) is 2.71. The molecule has 0 radical (unpaired) electrons. The van der Waals surface area contributed by atoms with E-state index in [9.17, 15) is 9.59 Å². The van der Waals surface area contributed by atoms with Gasteiger partial charge in [-0.2, -0.15) is 5.06 Å². The van der Waals surface area contributed by atoms with Gasteiger partial charge >= 0.3 is 12.1 Å². The van der Waals surface area contributed by atoms with Gasteiger partial charge in [0.1, 0.15) is 6.61 Å². The van der Waals surface area contributed by atoms with Gasteiger partial charge in [-0.3, -0.25) is 4.84 Å². The van der Waals surface area contributed by atoms with Crippen molar-refractivity contribution in [1.29, 1.82) is 0 Å². The number of amides is 1. The Hall–Kier alpha value is -1.88. The molecular formula is C13H15NO4. The van der Waals surface area contributed by atoms with Crippen LogP contribution in [-0.2, 0) is 21.0 Å². The molecule has 1 aliphatic heterocycles. The van der Waals surface area contributed by atoms with E-state index in [1.54, 1.807) is 0 Å². The van der Waals surface area contributed by atoms with Crippen LogP contribution in [0.15, 0.2) is 30.3 Å². The van der Waals surface area contributed by atoms with Gasteiger partial charge in [0.2, 0.25) is 0 Å². The molecule has 0 aromatic heterocycles. The zero-order valence-corrected chi connectivity index (χ0v) is 10.3. The highest BCUT2D eigenvalue weighted by Crippen LogP contribution is 2.22. The summed E-state index contributed by atoms with van der Waals surface area (Å²) in [4.78, 5) is 28.3. The Labute approximate surface area is 105 Å². The molecule has 0 bridgehead atoms. The second-order valence-electron chi connectivity index (χ2n) is 4.46. The van der Waals surface area contributed by atoms with Crippen molar-refractivity contribution in [1.82, 2.24) is 5.06 Å². The van der Waals surface area contributed by atoms with E-state index in [2.05, 4.69) is 4.74 Å². The summed E-state index contributed by atoms with van der Waals surface area (Å²) in [5.74, 6) is -0.609. The number of hydrogen-bond donors (Lipinski definition) is 0. The number of carbonyl (C=O) groups excluding carboxylic acids is 2. The molecule has 1 fully saturated rings. The largest absolute Gasteiger partial charge is 0.442 e. The van der Waals surface area contributed by atoms with E-state index in [1.807, 2.05) is 44.2 Å². The summed E-state index contributed by atoms with van der Waals surface area (Å²) in [7, 11) is 0. The first kappa shape index (κ1) is 12.6. The van der Waals surface area contributed by atoms with Crippen molar-refractivity contribution < 1.29 is 19.2 Å². The van der Waals surface area contributed by atoms with Crippen LogP contribution < -0.4 is 0 Å². The van der Waals surface area contributed by atoms with Crippen molar-refractivity contribution in [3.05, 3.63) is 35.9 Å². The molecule has 1 aliphatic rings. The first-order valence-corrected chi connectivity index (χ1v) is 5.81. The lowest BCUT2D eigenvalue weighted by Gasteiger charge is -2.21. The average Bonchev–Trinajstić information content (AvgIpc) is 2.62. The predicted octanol–water partition coefficient (Wildman–Crippen LogP) is 2.12. The maximum atomic E-state index is 11.5. The summed E-state index contributed by atoms with van der Waals surface area (Å²) in [6.45, 7) is 3.90. The van der Waals surface area contributed by atoms with Gasteiger partial charge in [-0.1, -0.05) is 44.2 Å². The maximum Gasteiger partial charge on any atom is 0.442 e. The Morgan fingerprint density at radius 1 is 1.28 bits per heavy atom. The van der Waals surface area contributed by atoms with E-state index in [1.165, 1.54) is 0 Å². The third kappa shape index (κ3) is 2.51. The fourth-order valence-electron chi connectivity index (χ4n) is 1.79. The topological polar surface area (TPSA) is 55.8 Å². The number of carbonyl (C=O) groups is 2. The van der Waals surface area contributed by atoms with Crippen molar-refractivity contribution in [2.75, 3.05) is 0 Å². The third-order valence-electron chi connectivity index (χ3n) is 2.71. The summed E-state index contributed by atoms with van der Waals surface area (Å²) in [5, 5.41) is 1.03. The minimum atomic E-state index is -0.741. The number of esters is 1. The van der Waals surface area contributed by atoms with Crippen molar-refractivity contribution in [3.63, 3.8) is 0 Å². The molecular weight excluding hydrogens is 234 g/mol. The first-order chi connectivity index (χ1) is 8.59. The molecule has 1 atom stereocenters. The fraction of sp³-hybridized carbons (Fsp3) is 0.385. The standard InChI is InChI=1S/C13H15NO4/c1-9(2)11-12(15)18-13(16)14(11)17-8-10-6-4-3-5-7-10/h3-7,9,11H,8H2,1-2H3/t11-/m0/s1. The highest BCUT2D eigenvalue weighted by Gasteiger charge is 2.44. The number of benzene rings is 1. The van der Waals surface area contributed by atoms with E-state index in [0.29, 0.717) is 0 Å². The van der Waals surface area contributed by atoms with Gasteiger partial charge in [-0.05, 0) is 11.5 Å². The van der Waals surface area contributed by atoms with Crippen LogP contribution in [0, 0.1) is 5.92 Å². The van der Waals surface area contributed by atoms with Crippen LogP contribution in [0.25, 0.3) is 0 Å². The van der Waals surface area contributed by atoms with Crippen LogP contribution in [-0.4, -0.2) is 23.2 Å². The molecule has 1 aromatic rings. The lowest BCUT2D eigenvalue weighted by Crippen LogP contribution is -2.38. The lowest BCUT2D eigenvalue weighted by molar-refractivity contribution is -0.159. The van der Waals surface area contributed by atoms with Crippen molar-refractivity contribution in [2.24, 2.45) is 5.92 Å². The van der Waals surface area contributed by atoms with Gasteiger partial charge in [0, 0.05) is 0 Å². The van der Waals surface area contributed by atoms with Gasteiger partial charge in [-0.25, -0.2) is 9.59 Å². The normalized spacial score (nSPS) is 19.5. The number of hydroxylamine groups is 2. The molecule has 18 heavy (non-hydrogen) atoms. The smallest absolute Gasteiger partial charge is 0.373 e. The van der Waals surface area contributed by atoms with Gasteiger partial charge in [0.25, 0.3) is 0 Å². The predicted molar refractivity (Wildman–Crippen MR) is 63.2 cm³/mol. The second-order valence-corrected chi connectivity index (χ2v) is 4.46. The summed E-state index contributed by atoms with van der Waals surface area (Å²) in [6.07, 6.45) is -0.741. The van der Waals surface area contributed by atoms with Crippen molar-refractivity contribution in [2.45, 2.75) is 26.5 Å². The van der Waals surface area contributed by atoms with Gasteiger partial charge in [0.05, 0.1) is 0 Å². The molecule has 0 unspecified atom stereocenters. The minimum absolute atomic E-state index is 0.0558. The van der Waals surface area contributed by atoms with Crippen LogP contribution in [0.1, 0.15) is 19.4 Å². The Morgan fingerprint density at radius 3 is 2.56 bits per heavy atom. The molecule has 1 amide bonds. The highest BCUT2D eigenvalue weighted by molar-refractivity contribution is 5.94. The summed E-state index contributed by atoms with van der Waals surface area (Å²) in [6, 6.07) is 8.76. The minimum Gasteiger partial charge on any atom is -0.373 e. The van der Waals surface area contributed by atoms with E-state index >= 15 is 0 Å². The molecule has 1 aromatic carbocycles. The second kappa shape index (κ2) is 5.18. The highest BCUT2D eigenvalue weighted by atomic mass is 16.8. The summed E-state index contributed by atoms with van der Waals surface area (Å²) >= 11 is 0. The molecule has 1 saturated heterocycles. The molecule has 0 N–H and O–H groups in total. The van der Waals surface area contributed by atoms with Gasteiger partial charge in [-0.15, -0.1) is 0 Å². The molecule has 96 valence electrons. The Morgan fingerprint density at radius 2 is 1.94 bits per heavy atom. The SMILES string of the molecule is CC(C)[C@H]1C(=O)OC(=O)N1OCc1ccccc1. The average molecular weight is 249 g/mol. The van der Waals surface area contributed by atoms with E-state index in [4.69, 9.17) is 4.84 Å². The monoisotopic (exact) mass is 249 g/mol. The van der Waals surface area contributed by atoms with E-state index in [-0.39, 0.29) is 12.5 Å². The quantitative estimate of drug-likeness (QED) is 0.606. The van der Waals surface area contributed by atoms with E-state index < -0.39 is 18.1 Å². The first-order valence-electron chi connectivity index (χ1n) is 5.81.